The van der Waals surface area contributed by atoms with Gasteiger partial charge in [0.15, 0.2) is 17.3 Å². The van der Waals surface area contributed by atoms with E-state index in [0.29, 0.717) is 36.7 Å². The summed E-state index contributed by atoms with van der Waals surface area (Å²) in [5.41, 5.74) is 2.95. The molecule has 0 heterocycles. The molecule has 0 unspecified atom stereocenters. The van der Waals surface area contributed by atoms with Crippen LogP contribution in [0.3, 0.4) is 0 Å². The van der Waals surface area contributed by atoms with E-state index in [1.807, 2.05) is 37.3 Å². The number of carbonyl (C=O) groups excluding carboxylic acids is 2. The third-order valence-electron chi connectivity index (χ3n) is 6.09. The number of Topliss-reactive ketones (excluding diaryl/α,β-unsaturated/α-hetero) is 1. The average Bonchev–Trinajstić information content (AvgIpc) is 3.50. The molecule has 0 radical (unpaired) electrons. The summed E-state index contributed by atoms with van der Waals surface area (Å²) < 4.78 is 22.8. The van der Waals surface area contributed by atoms with E-state index in [1.54, 1.807) is 14.2 Å². The third-order valence-corrected chi connectivity index (χ3v) is 6.09. The van der Waals surface area contributed by atoms with Crippen LogP contribution in [-0.2, 0) is 16.0 Å². The first kappa shape index (κ1) is 21.2. The molecule has 2 aromatic carbocycles. The molecule has 31 heavy (non-hydrogen) atoms. The zero-order valence-electron chi connectivity index (χ0n) is 18.3. The lowest BCUT2D eigenvalue weighted by Crippen LogP contribution is -2.26. The summed E-state index contributed by atoms with van der Waals surface area (Å²) in [6.07, 6.45) is 3.49. The van der Waals surface area contributed by atoms with Crippen LogP contribution in [0, 0.1) is 5.41 Å². The van der Waals surface area contributed by atoms with Gasteiger partial charge in [-0.2, -0.15) is 0 Å². The van der Waals surface area contributed by atoms with Gasteiger partial charge in [0.1, 0.15) is 12.0 Å². The standard InChI is InChI=1S/C25H28O6/c1-4-14-30-24(27)25(12-13-25)15-31-22-19(9-11-21(28-2)23(22)29-3)16-6-5-7-18-17(16)8-10-20(18)26/h5-7,9,11H,4,8,10,12-15H2,1-3H3. The van der Waals surface area contributed by atoms with Crippen LogP contribution in [0.4, 0.5) is 0 Å². The fourth-order valence-corrected chi connectivity index (χ4v) is 4.11. The van der Waals surface area contributed by atoms with Crippen LogP contribution in [-0.4, -0.2) is 39.2 Å². The van der Waals surface area contributed by atoms with Crippen LogP contribution < -0.4 is 14.2 Å². The number of fused-ring (bicyclic) bond motifs is 1. The van der Waals surface area contributed by atoms with Crippen molar-refractivity contribution < 1.29 is 28.5 Å². The van der Waals surface area contributed by atoms with Crippen molar-refractivity contribution in [3.8, 4) is 28.4 Å². The molecular weight excluding hydrogens is 396 g/mol. The summed E-state index contributed by atoms with van der Waals surface area (Å²) in [6, 6.07) is 9.51. The Morgan fingerprint density at radius 1 is 0.968 bits per heavy atom. The quantitative estimate of drug-likeness (QED) is 0.548. The van der Waals surface area contributed by atoms with Gasteiger partial charge in [-0.05, 0) is 48.9 Å². The van der Waals surface area contributed by atoms with Crippen LogP contribution in [0.2, 0.25) is 0 Å². The van der Waals surface area contributed by atoms with Crippen molar-refractivity contribution in [1.29, 1.82) is 0 Å². The molecule has 1 fully saturated rings. The van der Waals surface area contributed by atoms with Gasteiger partial charge in [0.05, 0.1) is 20.8 Å². The van der Waals surface area contributed by atoms with E-state index in [-0.39, 0.29) is 18.4 Å². The van der Waals surface area contributed by atoms with Crippen LogP contribution in [0.15, 0.2) is 30.3 Å². The fraction of sp³-hybridized carbons (Fsp3) is 0.440. The van der Waals surface area contributed by atoms with Crippen LogP contribution in [0.25, 0.3) is 11.1 Å². The van der Waals surface area contributed by atoms with E-state index < -0.39 is 5.41 Å². The topological polar surface area (TPSA) is 71.1 Å². The van der Waals surface area contributed by atoms with E-state index >= 15 is 0 Å². The lowest BCUT2D eigenvalue weighted by molar-refractivity contribution is -0.151. The van der Waals surface area contributed by atoms with Crippen molar-refractivity contribution >= 4 is 11.8 Å². The Morgan fingerprint density at radius 3 is 2.42 bits per heavy atom. The van der Waals surface area contributed by atoms with E-state index in [2.05, 4.69) is 0 Å². The van der Waals surface area contributed by atoms with E-state index in [0.717, 1.165) is 41.5 Å². The first-order valence-electron chi connectivity index (χ1n) is 10.7. The molecule has 0 aromatic heterocycles. The monoisotopic (exact) mass is 424 g/mol. The van der Waals surface area contributed by atoms with Gasteiger partial charge in [-0.15, -0.1) is 0 Å². The average molecular weight is 424 g/mol. The molecule has 0 aliphatic heterocycles. The first-order chi connectivity index (χ1) is 15.0. The Hall–Kier alpha value is -3.02. The van der Waals surface area contributed by atoms with Gasteiger partial charge in [0.2, 0.25) is 5.75 Å². The molecule has 1 saturated carbocycles. The summed E-state index contributed by atoms with van der Waals surface area (Å²) in [5.74, 6) is 1.49. The van der Waals surface area contributed by atoms with Gasteiger partial charge >= 0.3 is 5.97 Å². The minimum Gasteiger partial charge on any atom is -0.493 e. The number of ketones is 1. The van der Waals surface area contributed by atoms with Crippen molar-refractivity contribution in [3.05, 3.63) is 41.5 Å². The molecule has 2 aliphatic rings. The largest absolute Gasteiger partial charge is 0.493 e. The Kier molecular flexibility index (Phi) is 5.90. The number of hydrogen-bond acceptors (Lipinski definition) is 6. The maximum absolute atomic E-state index is 12.5. The number of methoxy groups -OCH3 is 2. The number of ether oxygens (including phenoxy) is 4. The third kappa shape index (κ3) is 3.87. The second kappa shape index (κ2) is 8.61. The van der Waals surface area contributed by atoms with Crippen molar-refractivity contribution in [3.63, 3.8) is 0 Å². The normalized spacial score (nSPS) is 15.9. The minimum atomic E-state index is -0.602. The minimum absolute atomic E-state index is 0.162. The number of rotatable bonds is 9. The molecule has 0 bridgehead atoms. The maximum atomic E-state index is 12.5. The highest BCUT2D eigenvalue weighted by atomic mass is 16.5. The number of carbonyl (C=O) groups is 2. The second-order valence-corrected chi connectivity index (χ2v) is 8.14. The predicted octanol–water partition coefficient (Wildman–Crippen LogP) is 4.61. The van der Waals surface area contributed by atoms with Gasteiger partial charge in [-0.3, -0.25) is 9.59 Å². The summed E-state index contributed by atoms with van der Waals surface area (Å²) >= 11 is 0. The lowest BCUT2D eigenvalue weighted by Gasteiger charge is -2.21. The molecule has 0 amide bonds. The molecule has 0 N–H and O–H groups in total. The van der Waals surface area contributed by atoms with Gasteiger partial charge in [0.25, 0.3) is 0 Å². The SMILES string of the molecule is CCCOC(=O)C1(COc2c(-c3cccc4c3CCC4=O)ccc(OC)c2OC)CC1. The molecule has 6 nitrogen and oxygen atoms in total. The summed E-state index contributed by atoms with van der Waals surface area (Å²) in [4.78, 5) is 24.8. The van der Waals surface area contributed by atoms with Crippen molar-refractivity contribution in [2.75, 3.05) is 27.4 Å². The molecular formula is C25H28O6. The molecule has 6 heteroatoms. The fourth-order valence-electron chi connectivity index (χ4n) is 4.11. The highest BCUT2D eigenvalue weighted by Gasteiger charge is 2.52. The second-order valence-electron chi connectivity index (χ2n) is 8.14. The number of esters is 1. The van der Waals surface area contributed by atoms with Crippen LogP contribution in [0.1, 0.15) is 48.5 Å². The Labute approximate surface area is 182 Å². The highest BCUT2D eigenvalue weighted by Crippen LogP contribution is 2.51. The van der Waals surface area contributed by atoms with Crippen molar-refractivity contribution in [2.45, 2.75) is 39.0 Å². The van der Waals surface area contributed by atoms with Crippen LogP contribution >= 0.6 is 0 Å². The van der Waals surface area contributed by atoms with E-state index in [4.69, 9.17) is 18.9 Å². The van der Waals surface area contributed by atoms with Gasteiger partial charge in [-0.25, -0.2) is 0 Å². The first-order valence-corrected chi connectivity index (χ1v) is 10.7. The lowest BCUT2D eigenvalue weighted by atomic mass is 9.95. The van der Waals surface area contributed by atoms with Crippen molar-refractivity contribution in [2.24, 2.45) is 5.41 Å². The molecule has 164 valence electrons. The zero-order valence-corrected chi connectivity index (χ0v) is 18.3. The van der Waals surface area contributed by atoms with Gasteiger partial charge in [-0.1, -0.05) is 25.1 Å². The molecule has 2 aromatic rings. The van der Waals surface area contributed by atoms with Gasteiger partial charge < -0.3 is 18.9 Å². The summed E-state index contributed by atoms with van der Waals surface area (Å²) in [6.45, 7) is 2.60. The highest BCUT2D eigenvalue weighted by molar-refractivity contribution is 6.02. The summed E-state index contributed by atoms with van der Waals surface area (Å²) in [7, 11) is 3.14. The van der Waals surface area contributed by atoms with Crippen molar-refractivity contribution in [1.82, 2.24) is 0 Å². The summed E-state index contributed by atoms with van der Waals surface area (Å²) in [5, 5.41) is 0. The van der Waals surface area contributed by atoms with Gasteiger partial charge in [0, 0.05) is 17.5 Å². The predicted molar refractivity (Wildman–Crippen MR) is 116 cm³/mol. The maximum Gasteiger partial charge on any atom is 0.315 e. The Bertz CT molecular complexity index is 1010. The smallest absolute Gasteiger partial charge is 0.315 e. The molecule has 0 saturated heterocycles. The molecule has 4 rings (SSSR count). The van der Waals surface area contributed by atoms with E-state index in [9.17, 15) is 9.59 Å². The Morgan fingerprint density at radius 2 is 1.74 bits per heavy atom. The molecule has 0 spiro atoms. The van der Waals surface area contributed by atoms with E-state index in [1.165, 1.54) is 0 Å². The number of benzene rings is 2. The molecule has 0 atom stereocenters. The zero-order chi connectivity index (χ0) is 22.0. The molecule has 2 aliphatic carbocycles. The Balaban J connectivity index is 1.72. The van der Waals surface area contributed by atoms with Crippen LogP contribution in [0.5, 0.6) is 17.2 Å². The number of hydrogen-bond donors (Lipinski definition) is 0.